The normalized spacial score (nSPS) is 17.7. The Labute approximate surface area is 114 Å². The van der Waals surface area contributed by atoms with E-state index in [4.69, 9.17) is 0 Å². The van der Waals surface area contributed by atoms with Crippen LogP contribution in [0.2, 0.25) is 0 Å². The van der Waals surface area contributed by atoms with Gasteiger partial charge in [0, 0.05) is 24.9 Å². The quantitative estimate of drug-likeness (QED) is 0.841. The Hall–Kier alpha value is -1.61. The Morgan fingerprint density at radius 1 is 1.16 bits per heavy atom. The van der Waals surface area contributed by atoms with Crippen LogP contribution < -0.4 is 0 Å². The second kappa shape index (κ2) is 5.57. The van der Waals surface area contributed by atoms with Crippen molar-refractivity contribution in [3.63, 3.8) is 0 Å². The molecule has 0 saturated carbocycles. The molecule has 1 aliphatic heterocycles. The maximum Gasteiger partial charge on any atom is 0.112 e. The Balaban J connectivity index is 1.75. The van der Waals surface area contributed by atoms with Gasteiger partial charge in [0.2, 0.25) is 0 Å². The molecular weight excluding hydrogens is 234 g/mol. The number of imidazole rings is 1. The number of piperidine rings is 1. The van der Waals surface area contributed by atoms with E-state index in [0.717, 1.165) is 6.54 Å². The number of aromatic nitrogens is 2. The van der Waals surface area contributed by atoms with Gasteiger partial charge >= 0.3 is 0 Å². The lowest BCUT2D eigenvalue weighted by molar-refractivity contribution is 0.249. The summed E-state index contributed by atoms with van der Waals surface area (Å²) in [6, 6.07) is 10.6. The molecule has 1 aromatic heterocycles. The van der Waals surface area contributed by atoms with Crippen molar-refractivity contribution >= 4 is 0 Å². The van der Waals surface area contributed by atoms with Gasteiger partial charge in [0.1, 0.15) is 5.82 Å². The van der Waals surface area contributed by atoms with Crippen LogP contribution in [0.25, 0.3) is 0 Å². The predicted octanol–water partition coefficient (Wildman–Crippen LogP) is 2.74. The summed E-state index contributed by atoms with van der Waals surface area (Å²) in [5.41, 5.74) is 1.34. The van der Waals surface area contributed by atoms with Crippen molar-refractivity contribution in [3.8, 4) is 0 Å². The molecule has 0 bridgehead atoms. The molecule has 0 amide bonds. The molecule has 0 aliphatic carbocycles. The van der Waals surface area contributed by atoms with Crippen molar-refractivity contribution in [2.24, 2.45) is 0 Å². The van der Waals surface area contributed by atoms with Crippen LogP contribution in [0.3, 0.4) is 0 Å². The third-order valence-electron chi connectivity index (χ3n) is 4.03. The summed E-state index contributed by atoms with van der Waals surface area (Å²) in [5, 5.41) is 0. The van der Waals surface area contributed by atoms with Crippen LogP contribution in [-0.4, -0.2) is 34.6 Å². The summed E-state index contributed by atoms with van der Waals surface area (Å²) in [4.78, 5) is 7.01. The number of hydrogen-bond donors (Lipinski definition) is 0. The van der Waals surface area contributed by atoms with Gasteiger partial charge in [0.05, 0.1) is 0 Å². The second-order valence-electron chi connectivity index (χ2n) is 5.48. The SMILES string of the molecule is CN1CCC(c2nccn2Cc2ccccc2)CC1. The van der Waals surface area contributed by atoms with Crippen LogP contribution in [0.1, 0.15) is 30.1 Å². The fourth-order valence-electron chi connectivity index (χ4n) is 2.86. The van der Waals surface area contributed by atoms with E-state index in [1.165, 1.54) is 37.3 Å². The number of hydrogen-bond acceptors (Lipinski definition) is 2. The largest absolute Gasteiger partial charge is 0.330 e. The Kier molecular flexibility index (Phi) is 3.65. The maximum absolute atomic E-state index is 4.61. The van der Waals surface area contributed by atoms with Gasteiger partial charge < -0.3 is 9.47 Å². The first-order valence-corrected chi connectivity index (χ1v) is 7.06. The molecule has 100 valence electrons. The fraction of sp³-hybridized carbons (Fsp3) is 0.438. The van der Waals surface area contributed by atoms with E-state index >= 15 is 0 Å². The van der Waals surface area contributed by atoms with Crippen LogP contribution in [-0.2, 0) is 6.54 Å². The zero-order valence-electron chi connectivity index (χ0n) is 11.5. The lowest BCUT2D eigenvalue weighted by Gasteiger charge is -2.28. The summed E-state index contributed by atoms with van der Waals surface area (Å²) in [7, 11) is 2.20. The first kappa shape index (κ1) is 12.4. The molecule has 0 N–H and O–H groups in total. The number of benzene rings is 1. The first-order chi connectivity index (χ1) is 9.33. The van der Waals surface area contributed by atoms with E-state index in [9.17, 15) is 0 Å². The van der Waals surface area contributed by atoms with Gasteiger partial charge in [-0.3, -0.25) is 0 Å². The number of nitrogens with zero attached hydrogens (tertiary/aromatic N) is 3. The molecule has 0 radical (unpaired) electrons. The highest BCUT2D eigenvalue weighted by molar-refractivity contribution is 5.16. The van der Waals surface area contributed by atoms with Crippen molar-refractivity contribution in [1.82, 2.24) is 14.5 Å². The maximum atomic E-state index is 4.61. The van der Waals surface area contributed by atoms with E-state index in [1.807, 2.05) is 6.20 Å². The highest BCUT2D eigenvalue weighted by Crippen LogP contribution is 2.26. The van der Waals surface area contributed by atoms with Crippen molar-refractivity contribution < 1.29 is 0 Å². The van der Waals surface area contributed by atoms with Crippen molar-refractivity contribution in [2.45, 2.75) is 25.3 Å². The highest BCUT2D eigenvalue weighted by atomic mass is 15.1. The topological polar surface area (TPSA) is 21.1 Å². The van der Waals surface area contributed by atoms with Crippen LogP contribution in [0, 0.1) is 0 Å². The van der Waals surface area contributed by atoms with Crippen LogP contribution in [0.15, 0.2) is 42.7 Å². The van der Waals surface area contributed by atoms with E-state index in [0.29, 0.717) is 5.92 Å². The summed E-state index contributed by atoms with van der Waals surface area (Å²) in [6.45, 7) is 3.30. The van der Waals surface area contributed by atoms with Crippen molar-refractivity contribution in [2.75, 3.05) is 20.1 Å². The minimum Gasteiger partial charge on any atom is -0.330 e. The molecule has 0 unspecified atom stereocenters. The van der Waals surface area contributed by atoms with Crippen molar-refractivity contribution in [1.29, 1.82) is 0 Å². The van der Waals surface area contributed by atoms with E-state index in [2.05, 4.69) is 58.0 Å². The molecule has 0 atom stereocenters. The molecule has 0 spiro atoms. The van der Waals surface area contributed by atoms with Gasteiger partial charge in [-0.05, 0) is 38.5 Å². The van der Waals surface area contributed by atoms with Crippen LogP contribution in [0.5, 0.6) is 0 Å². The van der Waals surface area contributed by atoms with Gasteiger partial charge in [-0.1, -0.05) is 30.3 Å². The smallest absolute Gasteiger partial charge is 0.112 e. The lowest BCUT2D eigenvalue weighted by atomic mass is 9.96. The predicted molar refractivity (Wildman–Crippen MR) is 77.2 cm³/mol. The molecule has 1 aromatic carbocycles. The highest BCUT2D eigenvalue weighted by Gasteiger charge is 2.21. The molecule has 3 heteroatoms. The lowest BCUT2D eigenvalue weighted by Crippen LogP contribution is -2.30. The summed E-state index contributed by atoms with van der Waals surface area (Å²) in [6.07, 6.45) is 6.50. The Morgan fingerprint density at radius 2 is 1.89 bits per heavy atom. The standard InChI is InChI=1S/C16H21N3/c1-18-10-7-15(8-11-18)16-17-9-12-19(16)13-14-5-3-2-4-6-14/h2-6,9,12,15H,7-8,10-11,13H2,1H3. The molecule has 1 fully saturated rings. The van der Waals surface area contributed by atoms with Gasteiger partial charge in [0.25, 0.3) is 0 Å². The minimum atomic E-state index is 0.620. The van der Waals surface area contributed by atoms with Crippen molar-refractivity contribution in [3.05, 3.63) is 54.1 Å². The zero-order valence-corrected chi connectivity index (χ0v) is 11.5. The van der Waals surface area contributed by atoms with Gasteiger partial charge in [-0.2, -0.15) is 0 Å². The third kappa shape index (κ3) is 2.87. The van der Waals surface area contributed by atoms with E-state index < -0.39 is 0 Å². The number of likely N-dealkylation sites (tertiary alicyclic amines) is 1. The van der Waals surface area contributed by atoms with Crippen LogP contribution >= 0.6 is 0 Å². The molecular formula is C16H21N3. The molecule has 1 saturated heterocycles. The average molecular weight is 255 g/mol. The van der Waals surface area contributed by atoms with E-state index in [1.54, 1.807) is 0 Å². The van der Waals surface area contributed by atoms with Gasteiger partial charge in [-0.15, -0.1) is 0 Å². The second-order valence-corrected chi connectivity index (χ2v) is 5.48. The first-order valence-electron chi connectivity index (χ1n) is 7.06. The van der Waals surface area contributed by atoms with Crippen LogP contribution in [0.4, 0.5) is 0 Å². The molecule has 3 rings (SSSR count). The third-order valence-corrected chi connectivity index (χ3v) is 4.03. The summed E-state index contributed by atoms with van der Waals surface area (Å²) >= 11 is 0. The average Bonchev–Trinajstić information content (AvgIpc) is 2.89. The van der Waals surface area contributed by atoms with Gasteiger partial charge in [-0.25, -0.2) is 4.98 Å². The summed E-state index contributed by atoms with van der Waals surface area (Å²) < 4.78 is 2.31. The molecule has 2 aromatic rings. The summed E-state index contributed by atoms with van der Waals surface area (Å²) in [5.74, 6) is 1.88. The van der Waals surface area contributed by atoms with E-state index in [-0.39, 0.29) is 0 Å². The molecule has 2 heterocycles. The fourth-order valence-corrected chi connectivity index (χ4v) is 2.86. The molecule has 19 heavy (non-hydrogen) atoms. The molecule has 1 aliphatic rings. The van der Waals surface area contributed by atoms with Gasteiger partial charge in [0.15, 0.2) is 0 Å². The Bertz CT molecular complexity index is 510. The minimum absolute atomic E-state index is 0.620. The zero-order chi connectivity index (χ0) is 13.1. The Morgan fingerprint density at radius 3 is 2.63 bits per heavy atom. The molecule has 3 nitrogen and oxygen atoms in total. The number of rotatable bonds is 3. The monoisotopic (exact) mass is 255 g/mol.